The number of aromatic nitrogens is 2. The van der Waals surface area contributed by atoms with Crippen LogP contribution in [0.5, 0.6) is 0 Å². The summed E-state index contributed by atoms with van der Waals surface area (Å²) in [4.78, 5) is 22.7. The van der Waals surface area contributed by atoms with Crippen molar-refractivity contribution in [3.05, 3.63) is 52.7 Å². The van der Waals surface area contributed by atoms with Crippen LogP contribution in [0.2, 0.25) is 0 Å². The third-order valence-corrected chi connectivity index (χ3v) is 5.27. The van der Waals surface area contributed by atoms with Gasteiger partial charge in [0.25, 0.3) is 5.91 Å². The van der Waals surface area contributed by atoms with Crippen molar-refractivity contribution in [3.8, 4) is 0 Å². The van der Waals surface area contributed by atoms with Gasteiger partial charge in [-0.3, -0.25) is 10.1 Å². The molecule has 23 heavy (non-hydrogen) atoms. The van der Waals surface area contributed by atoms with E-state index in [0.717, 1.165) is 29.4 Å². The minimum atomic E-state index is -0.199. The molecule has 0 radical (unpaired) electrons. The maximum atomic E-state index is 12.4. The molecule has 1 unspecified atom stereocenters. The number of rotatable bonds is 2. The SMILES string of the molecule is CC1CCc2nc(NC(=O)c3ccc4ccccc4n3)sc2C1. The lowest BCUT2D eigenvalue weighted by molar-refractivity contribution is 0.102. The first-order chi connectivity index (χ1) is 11.2. The number of carbonyl (C=O) groups is 1. The smallest absolute Gasteiger partial charge is 0.276 e. The van der Waals surface area contributed by atoms with Crippen LogP contribution in [-0.4, -0.2) is 15.9 Å². The third kappa shape index (κ3) is 2.84. The molecule has 3 aromatic rings. The van der Waals surface area contributed by atoms with Gasteiger partial charge in [-0.2, -0.15) is 0 Å². The number of hydrogen-bond donors (Lipinski definition) is 1. The largest absolute Gasteiger partial charge is 0.296 e. The van der Waals surface area contributed by atoms with Crippen LogP contribution < -0.4 is 5.32 Å². The van der Waals surface area contributed by atoms with Crippen molar-refractivity contribution in [2.45, 2.75) is 26.2 Å². The fourth-order valence-corrected chi connectivity index (χ4v) is 4.11. The Morgan fingerprint density at radius 3 is 3.00 bits per heavy atom. The lowest BCUT2D eigenvalue weighted by Gasteiger charge is -2.15. The summed E-state index contributed by atoms with van der Waals surface area (Å²) in [5.74, 6) is 0.503. The molecule has 4 nitrogen and oxygen atoms in total. The molecule has 1 aromatic carbocycles. The highest BCUT2D eigenvalue weighted by Crippen LogP contribution is 2.32. The predicted molar refractivity (Wildman–Crippen MR) is 93.0 cm³/mol. The Kier molecular flexibility index (Phi) is 3.58. The monoisotopic (exact) mass is 323 g/mol. The van der Waals surface area contributed by atoms with E-state index in [0.29, 0.717) is 16.7 Å². The summed E-state index contributed by atoms with van der Waals surface area (Å²) >= 11 is 1.59. The fourth-order valence-electron chi connectivity index (χ4n) is 2.95. The van der Waals surface area contributed by atoms with E-state index in [1.165, 1.54) is 11.3 Å². The van der Waals surface area contributed by atoms with E-state index in [1.54, 1.807) is 17.4 Å². The van der Waals surface area contributed by atoms with Gasteiger partial charge in [0.15, 0.2) is 5.13 Å². The van der Waals surface area contributed by atoms with Crippen LogP contribution in [-0.2, 0) is 12.8 Å². The number of benzene rings is 1. The summed E-state index contributed by atoms with van der Waals surface area (Å²) in [6, 6.07) is 11.5. The lowest BCUT2D eigenvalue weighted by Crippen LogP contribution is -2.13. The second-order valence-electron chi connectivity index (χ2n) is 6.08. The van der Waals surface area contributed by atoms with Crippen LogP contribution in [0.25, 0.3) is 10.9 Å². The standard InChI is InChI=1S/C18H17N3OS/c1-11-6-8-14-16(10-11)23-18(20-14)21-17(22)15-9-7-12-4-2-3-5-13(12)19-15/h2-5,7,9,11H,6,8,10H2,1H3,(H,20,21,22). The average Bonchev–Trinajstić information content (AvgIpc) is 2.95. The summed E-state index contributed by atoms with van der Waals surface area (Å²) in [7, 11) is 0. The first kappa shape index (κ1) is 14.3. The maximum absolute atomic E-state index is 12.4. The first-order valence-electron chi connectivity index (χ1n) is 7.85. The second kappa shape index (κ2) is 5.74. The van der Waals surface area contributed by atoms with Gasteiger partial charge in [0.2, 0.25) is 0 Å². The zero-order chi connectivity index (χ0) is 15.8. The normalized spacial score (nSPS) is 17.0. The van der Waals surface area contributed by atoms with Gasteiger partial charge in [0.1, 0.15) is 5.69 Å². The molecule has 0 spiro atoms. The molecule has 2 heterocycles. The number of anilines is 1. The minimum absolute atomic E-state index is 0.199. The molecule has 0 saturated carbocycles. The van der Waals surface area contributed by atoms with E-state index < -0.39 is 0 Å². The van der Waals surface area contributed by atoms with Gasteiger partial charge in [-0.15, -0.1) is 11.3 Å². The number of amides is 1. The van der Waals surface area contributed by atoms with Crippen molar-refractivity contribution in [2.24, 2.45) is 5.92 Å². The molecule has 0 fully saturated rings. The Morgan fingerprint density at radius 2 is 2.09 bits per heavy atom. The van der Waals surface area contributed by atoms with E-state index in [2.05, 4.69) is 22.2 Å². The topological polar surface area (TPSA) is 54.9 Å². The van der Waals surface area contributed by atoms with Crippen LogP contribution in [0, 0.1) is 5.92 Å². The van der Waals surface area contributed by atoms with Gasteiger partial charge in [-0.1, -0.05) is 31.2 Å². The third-order valence-electron chi connectivity index (χ3n) is 4.24. The van der Waals surface area contributed by atoms with E-state index >= 15 is 0 Å². The molecule has 1 atom stereocenters. The molecule has 116 valence electrons. The predicted octanol–water partition coefficient (Wildman–Crippen LogP) is 4.07. The Morgan fingerprint density at radius 1 is 1.22 bits per heavy atom. The van der Waals surface area contributed by atoms with Gasteiger partial charge in [-0.25, -0.2) is 9.97 Å². The zero-order valence-corrected chi connectivity index (χ0v) is 13.7. The summed E-state index contributed by atoms with van der Waals surface area (Å²) in [6.45, 7) is 2.26. The van der Waals surface area contributed by atoms with Gasteiger partial charge >= 0.3 is 0 Å². The molecule has 1 aliphatic carbocycles. The van der Waals surface area contributed by atoms with Gasteiger partial charge in [-0.05, 0) is 37.3 Å². The van der Waals surface area contributed by atoms with Crippen molar-refractivity contribution in [2.75, 3.05) is 5.32 Å². The van der Waals surface area contributed by atoms with Crippen molar-refractivity contribution in [1.29, 1.82) is 0 Å². The molecule has 1 N–H and O–H groups in total. The minimum Gasteiger partial charge on any atom is -0.296 e. The van der Waals surface area contributed by atoms with Crippen molar-refractivity contribution in [3.63, 3.8) is 0 Å². The van der Waals surface area contributed by atoms with Crippen LogP contribution in [0.1, 0.15) is 34.4 Å². The van der Waals surface area contributed by atoms with Crippen molar-refractivity contribution < 1.29 is 4.79 Å². The molecular formula is C18H17N3OS. The van der Waals surface area contributed by atoms with Crippen LogP contribution >= 0.6 is 11.3 Å². The summed E-state index contributed by atoms with van der Waals surface area (Å²) in [6.07, 6.45) is 3.25. The van der Waals surface area contributed by atoms with Gasteiger partial charge in [0.05, 0.1) is 11.2 Å². The molecule has 5 heteroatoms. The number of hydrogen-bond acceptors (Lipinski definition) is 4. The number of thiazole rings is 1. The highest BCUT2D eigenvalue weighted by atomic mass is 32.1. The van der Waals surface area contributed by atoms with Crippen LogP contribution in [0.15, 0.2) is 36.4 Å². The highest BCUT2D eigenvalue weighted by molar-refractivity contribution is 7.15. The van der Waals surface area contributed by atoms with Crippen LogP contribution in [0.4, 0.5) is 5.13 Å². The van der Waals surface area contributed by atoms with Gasteiger partial charge in [0, 0.05) is 10.3 Å². The van der Waals surface area contributed by atoms with Crippen LogP contribution in [0.3, 0.4) is 0 Å². The fraction of sp³-hybridized carbons (Fsp3) is 0.278. The molecular weight excluding hydrogens is 306 g/mol. The Hall–Kier alpha value is -2.27. The van der Waals surface area contributed by atoms with E-state index in [-0.39, 0.29) is 5.91 Å². The van der Waals surface area contributed by atoms with Crippen molar-refractivity contribution >= 4 is 33.3 Å². The number of fused-ring (bicyclic) bond motifs is 2. The molecule has 0 aliphatic heterocycles. The average molecular weight is 323 g/mol. The Labute approximate surface area is 138 Å². The summed E-state index contributed by atoms with van der Waals surface area (Å²) in [5, 5.41) is 4.62. The van der Waals surface area contributed by atoms with E-state index in [9.17, 15) is 4.79 Å². The first-order valence-corrected chi connectivity index (χ1v) is 8.66. The second-order valence-corrected chi connectivity index (χ2v) is 7.16. The number of para-hydroxylation sites is 1. The van der Waals surface area contributed by atoms with Gasteiger partial charge < -0.3 is 0 Å². The molecule has 4 rings (SSSR count). The maximum Gasteiger partial charge on any atom is 0.276 e. The Balaban J connectivity index is 1.57. The lowest BCUT2D eigenvalue weighted by atomic mass is 9.93. The van der Waals surface area contributed by atoms with Crippen molar-refractivity contribution in [1.82, 2.24) is 9.97 Å². The number of nitrogens with zero attached hydrogens (tertiary/aromatic N) is 2. The molecule has 1 aliphatic rings. The molecule has 2 aromatic heterocycles. The molecule has 1 amide bonds. The summed E-state index contributed by atoms with van der Waals surface area (Å²) in [5.41, 5.74) is 2.40. The number of aryl methyl sites for hydroxylation is 1. The summed E-state index contributed by atoms with van der Waals surface area (Å²) < 4.78 is 0. The quantitative estimate of drug-likeness (QED) is 0.773. The number of carbonyl (C=O) groups excluding carboxylic acids is 1. The highest BCUT2D eigenvalue weighted by Gasteiger charge is 2.21. The zero-order valence-electron chi connectivity index (χ0n) is 12.9. The Bertz CT molecular complexity index is 887. The number of pyridine rings is 1. The molecule has 0 bridgehead atoms. The molecule has 0 saturated heterocycles. The van der Waals surface area contributed by atoms with E-state index in [1.807, 2.05) is 30.3 Å². The van der Waals surface area contributed by atoms with E-state index in [4.69, 9.17) is 0 Å². The number of nitrogens with one attached hydrogen (secondary N) is 1.